The van der Waals surface area contributed by atoms with Crippen LogP contribution in [0.25, 0.3) is 0 Å². The predicted octanol–water partition coefficient (Wildman–Crippen LogP) is 2.97. The molecule has 2 rings (SSSR count). The molecule has 8 heteroatoms. The summed E-state index contributed by atoms with van der Waals surface area (Å²) in [7, 11) is -3.82. The van der Waals surface area contributed by atoms with Crippen molar-refractivity contribution in [1.29, 1.82) is 0 Å². The summed E-state index contributed by atoms with van der Waals surface area (Å²) in [6, 6.07) is 9.19. The number of nitrogens with one attached hydrogen (secondary N) is 1. The third-order valence-corrected chi connectivity index (χ3v) is 4.10. The molecule has 0 aliphatic heterocycles. The molecule has 0 aliphatic carbocycles. The van der Waals surface area contributed by atoms with Crippen molar-refractivity contribution in [3.63, 3.8) is 0 Å². The summed E-state index contributed by atoms with van der Waals surface area (Å²) in [5, 5.41) is 8.87. The van der Waals surface area contributed by atoms with E-state index in [0.29, 0.717) is 21.4 Å². The topological polar surface area (TPSA) is 98.2 Å². The smallest absolute Gasteiger partial charge is 0.238 e. The summed E-state index contributed by atoms with van der Waals surface area (Å²) >= 11 is 11.7. The summed E-state index contributed by atoms with van der Waals surface area (Å²) in [6.07, 6.45) is 0. The fourth-order valence-electron chi connectivity index (χ4n) is 1.60. The Labute approximate surface area is 126 Å². The van der Waals surface area contributed by atoms with Crippen LogP contribution in [0.4, 0.5) is 17.1 Å². The highest BCUT2D eigenvalue weighted by atomic mass is 35.5. The van der Waals surface area contributed by atoms with E-state index >= 15 is 0 Å². The second-order valence-electron chi connectivity index (χ2n) is 4.09. The average Bonchev–Trinajstić information content (AvgIpc) is 2.32. The van der Waals surface area contributed by atoms with E-state index < -0.39 is 10.0 Å². The zero-order valence-electron chi connectivity index (χ0n) is 10.1. The molecular formula is C12H11Cl2N3O2S. The lowest BCUT2D eigenvalue weighted by molar-refractivity contribution is 0.598. The molecule has 0 aromatic heterocycles. The summed E-state index contributed by atoms with van der Waals surface area (Å²) in [5.74, 6) is 0. The van der Waals surface area contributed by atoms with Crippen molar-refractivity contribution in [1.82, 2.24) is 0 Å². The van der Waals surface area contributed by atoms with Gasteiger partial charge in [0.1, 0.15) is 0 Å². The van der Waals surface area contributed by atoms with Crippen LogP contribution in [0.2, 0.25) is 10.0 Å². The van der Waals surface area contributed by atoms with Gasteiger partial charge in [-0.1, -0.05) is 23.2 Å². The minimum Gasteiger partial charge on any atom is -0.399 e. The molecule has 0 atom stereocenters. The highest BCUT2D eigenvalue weighted by molar-refractivity contribution is 7.89. The average molecular weight is 332 g/mol. The van der Waals surface area contributed by atoms with Gasteiger partial charge < -0.3 is 11.1 Å². The highest BCUT2D eigenvalue weighted by Gasteiger charge is 2.10. The first-order chi connectivity index (χ1) is 9.25. The molecule has 0 heterocycles. The SMILES string of the molecule is Nc1cc(Nc2ccc(Cl)c(Cl)c2)cc(S(N)(=O)=O)c1. The monoisotopic (exact) mass is 331 g/mol. The van der Waals surface area contributed by atoms with Crippen LogP contribution in [-0.4, -0.2) is 8.42 Å². The van der Waals surface area contributed by atoms with Crippen LogP contribution in [0.5, 0.6) is 0 Å². The molecule has 0 bridgehead atoms. The van der Waals surface area contributed by atoms with Crippen molar-refractivity contribution in [3.8, 4) is 0 Å². The quantitative estimate of drug-likeness (QED) is 0.753. The standard InChI is InChI=1S/C12H11Cl2N3O2S/c13-11-2-1-8(6-12(11)14)17-9-3-7(15)4-10(5-9)20(16,18)19/h1-6,17H,15H2,(H2,16,18,19). The van der Waals surface area contributed by atoms with Crippen molar-refractivity contribution < 1.29 is 8.42 Å². The lowest BCUT2D eigenvalue weighted by atomic mass is 10.2. The Morgan fingerprint density at radius 3 is 2.25 bits per heavy atom. The van der Waals surface area contributed by atoms with E-state index in [1.165, 1.54) is 12.1 Å². The van der Waals surface area contributed by atoms with Crippen molar-refractivity contribution in [2.24, 2.45) is 5.14 Å². The molecule has 2 aromatic carbocycles. The molecule has 5 N–H and O–H groups in total. The van der Waals surface area contributed by atoms with Gasteiger partial charge >= 0.3 is 0 Å². The molecule has 0 radical (unpaired) electrons. The van der Waals surface area contributed by atoms with Crippen molar-refractivity contribution >= 4 is 50.3 Å². The molecule has 2 aromatic rings. The van der Waals surface area contributed by atoms with Crippen molar-refractivity contribution in [2.45, 2.75) is 4.90 Å². The Hall–Kier alpha value is -1.47. The summed E-state index contributed by atoms with van der Waals surface area (Å²) in [4.78, 5) is -0.0694. The lowest BCUT2D eigenvalue weighted by Gasteiger charge is -2.10. The number of nitrogen functional groups attached to an aromatic ring is 1. The number of primary sulfonamides is 1. The first kappa shape index (κ1) is 14.9. The van der Waals surface area contributed by atoms with Gasteiger partial charge in [0.15, 0.2) is 0 Å². The molecule has 0 saturated heterocycles. The van der Waals surface area contributed by atoms with E-state index in [0.717, 1.165) is 0 Å². The number of halogens is 2. The van der Waals surface area contributed by atoms with E-state index in [1.807, 2.05) is 0 Å². The Kier molecular flexibility index (Phi) is 4.10. The second kappa shape index (κ2) is 5.49. The van der Waals surface area contributed by atoms with Crippen LogP contribution in [0.15, 0.2) is 41.3 Å². The third-order valence-electron chi connectivity index (χ3n) is 2.47. The first-order valence-electron chi connectivity index (χ1n) is 5.41. The largest absolute Gasteiger partial charge is 0.399 e. The van der Waals surface area contributed by atoms with Gasteiger partial charge in [0, 0.05) is 17.1 Å². The molecule has 0 saturated carbocycles. The van der Waals surface area contributed by atoms with E-state index in [9.17, 15) is 8.42 Å². The van der Waals surface area contributed by atoms with Gasteiger partial charge in [-0.15, -0.1) is 0 Å². The number of nitrogens with two attached hydrogens (primary N) is 2. The summed E-state index contributed by atoms with van der Waals surface area (Å²) in [5.41, 5.74) is 7.06. The zero-order chi connectivity index (χ0) is 14.9. The van der Waals surface area contributed by atoms with Crippen LogP contribution in [0.3, 0.4) is 0 Å². The molecule has 0 aliphatic rings. The maximum atomic E-state index is 11.3. The van der Waals surface area contributed by atoms with Crippen LogP contribution in [0, 0.1) is 0 Å². The molecule has 0 spiro atoms. The minimum absolute atomic E-state index is 0.0694. The van der Waals surface area contributed by atoms with Crippen molar-refractivity contribution in [2.75, 3.05) is 11.1 Å². The van der Waals surface area contributed by atoms with Gasteiger partial charge in [-0.25, -0.2) is 13.6 Å². The molecule has 0 fully saturated rings. The molecule has 0 unspecified atom stereocenters. The third kappa shape index (κ3) is 3.55. The zero-order valence-corrected chi connectivity index (χ0v) is 12.4. The predicted molar refractivity (Wildman–Crippen MR) is 82.0 cm³/mol. The van der Waals surface area contributed by atoms with Gasteiger partial charge in [-0.2, -0.15) is 0 Å². The van der Waals surface area contributed by atoms with Gasteiger partial charge in [0.25, 0.3) is 0 Å². The molecule has 0 amide bonds. The van der Waals surface area contributed by atoms with Gasteiger partial charge in [0.05, 0.1) is 14.9 Å². The van der Waals surface area contributed by atoms with Crippen LogP contribution >= 0.6 is 23.2 Å². The minimum atomic E-state index is -3.82. The normalized spacial score (nSPS) is 11.3. The molecule has 106 valence electrons. The Morgan fingerprint density at radius 2 is 1.65 bits per heavy atom. The number of benzene rings is 2. The Morgan fingerprint density at radius 1 is 0.950 bits per heavy atom. The van der Waals surface area contributed by atoms with Crippen LogP contribution < -0.4 is 16.2 Å². The van der Waals surface area contributed by atoms with Gasteiger partial charge in [-0.3, -0.25) is 0 Å². The Balaban J connectivity index is 2.38. The number of hydrogen-bond acceptors (Lipinski definition) is 4. The van der Waals surface area contributed by atoms with Gasteiger partial charge in [0.2, 0.25) is 10.0 Å². The Bertz CT molecular complexity index is 763. The van der Waals surface area contributed by atoms with Crippen molar-refractivity contribution in [3.05, 3.63) is 46.4 Å². The highest BCUT2D eigenvalue weighted by Crippen LogP contribution is 2.28. The van der Waals surface area contributed by atoms with Gasteiger partial charge in [-0.05, 0) is 36.4 Å². The first-order valence-corrected chi connectivity index (χ1v) is 7.71. The van der Waals surface area contributed by atoms with E-state index in [4.69, 9.17) is 34.1 Å². The summed E-state index contributed by atoms with van der Waals surface area (Å²) < 4.78 is 22.7. The van der Waals surface area contributed by atoms with Crippen LogP contribution in [0.1, 0.15) is 0 Å². The number of hydrogen-bond donors (Lipinski definition) is 3. The molecule has 5 nitrogen and oxygen atoms in total. The number of rotatable bonds is 3. The van der Waals surface area contributed by atoms with E-state index in [2.05, 4.69) is 5.32 Å². The number of anilines is 3. The number of sulfonamides is 1. The van der Waals surface area contributed by atoms with E-state index in [-0.39, 0.29) is 10.6 Å². The fraction of sp³-hybridized carbons (Fsp3) is 0. The van der Waals surface area contributed by atoms with Crippen LogP contribution in [-0.2, 0) is 10.0 Å². The maximum Gasteiger partial charge on any atom is 0.238 e. The van der Waals surface area contributed by atoms with E-state index in [1.54, 1.807) is 24.3 Å². The fourth-order valence-corrected chi connectivity index (χ4v) is 2.49. The summed E-state index contributed by atoms with van der Waals surface area (Å²) in [6.45, 7) is 0. The lowest BCUT2D eigenvalue weighted by Crippen LogP contribution is -2.12. The second-order valence-corrected chi connectivity index (χ2v) is 6.47. The molecular weight excluding hydrogens is 321 g/mol. The molecule has 20 heavy (non-hydrogen) atoms. The maximum absolute atomic E-state index is 11.3.